The summed E-state index contributed by atoms with van der Waals surface area (Å²) in [6, 6.07) is 10.5. The highest BCUT2D eigenvalue weighted by molar-refractivity contribution is 5.60. The Morgan fingerprint density at radius 3 is 2.00 bits per heavy atom. The van der Waals surface area contributed by atoms with Crippen LogP contribution in [0.3, 0.4) is 0 Å². The summed E-state index contributed by atoms with van der Waals surface area (Å²) >= 11 is 0. The monoisotopic (exact) mass is 397 g/mol. The molecular weight excluding hydrogens is 368 g/mol. The molecule has 0 atom stereocenters. The maximum absolute atomic E-state index is 5.88. The summed E-state index contributed by atoms with van der Waals surface area (Å²) in [6.07, 6.45) is 7.89. The second-order valence-corrected chi connectivity index (χ2v) is 6.89. The molecule has 2 aromatic carbocycles. The lowest BCUT2D eigenvalue weighted by Gasteiger charge is -2.09. The number of anilines is 4. The molecule has 154 valence electrons. The normalized spacial score (nSPS) is 10.8. The largest absolute Gasteiger partial charge is 0.491 e. The number of hydrogen-bond acceptors (Lipinski definition) is 6. The summed E-state index contributed by atoms with van der Waals surface area (Å²) in [6.45, 7) is 2.85. The predicted octanol–water partition coefficient (Wildman–Crippen LogP) is 2.04. The van der Waals surface area contributed by atoms with E-state index in [-0.39, 0.29) is 0 Å². The number of nitrogens with zero attached hydrogens (tertiary/aromatic N) is 2. The van der Waals surface area contributed by atoms with Gasteiger partial charge in [0.1, 0.15) is 23.9 Å². The van der Waals surface area contributed by atoms with Gasteiger partial charge in [0, 0.05) is 36.3 Å². The molecule has 0 saturated heterocycles. The van der Waals surface area contributed by atoms with Gasteiger partial charge < -0.3 is 32.4 Å². The van der Waals surface area contributed by atoms with Gasteiger partial charge in [0.15, 0.2) is 0 Å². The average molecular weight is 398 g/mol. The molecule has 0 aliphatic carbocycles. The van der Waals surface area contributed by atoms with E-state index in [4.69, 9.17) is 32.4 Å². The molecule has 29 heavy (non-hydrogen) atoms. The zero-order valence-electron chi connectivity index (χ0n) is 16.5. The Labute approximate surface area is 170 Å². The molecule has 0 saturated carbocycles. The van der Waals surface area contributed by atoms with Crippen molar-refractivity contribution in [3.05, 3.63) is 55.1 Å². The molecular formula is C21H29N6O2+. The highest BCUT2D eigenvalue weighted by Gasteiger charge is 2.06. The molecule has 1 heterocycles. The first-order valence-corrected chi connectivity index (χ1v) is 9.61. The number of nitrogens with two attached hydrogens (primary N) is 4. The predicted molar refractivity (Wildman–Crippen MR) is 115 cm³/mol. The summed E-state index contributed by atoms with van der Waals surface area (Å²) in [5.41, 5.74) is 25.8. The molecule has 3 aromatic rings. The Balaban J connectivity index is 1.36. The number of rotatable bonds is 10. The molecule has 1 aromatic heterocycles. The SMILES string of the molecule is Nc1ccc(N)c(OCCCn2cc[n+](CCCOc3cc(N)ccc3N)c2)c1. The minimum atomic E-state index is 0.571. The Kier molecular flexibility index (Phi) is 6.67. The van der Waals surface area contributed by atoms with Crippen LogP contribution in [0.4, 0.5) is 22.7 Å². The number of aryl methyl sites for hydroxylation is 2. The molecule has 8 heteroatoms. The maximum Gasteiger partial charge on any atom is 0.243 e. The van der Waals surface area contributed by atoms with Gasteiger partial charge in [-0.15, -0.1) is 0 Å². The molecule has 0 bridgehead atoms. The van der Waals surface area contributed by atoms with E-state index in [2.05, 4.69) is 15.5 Å². The smallest absolute Gasteiger partial charge is 0.243 e. The number of ether oxygens (including phenoxy) is 2. The first-order chi connectivity index (χ1) is 14.0. The van der Waals surface area contributed by atoms with Crippen LogP contribution in [-0.2, 0) is 13.1 Å². The van der Waals surface area contributed by atoms with Gasteiger partial charge in [-0.3, -0.25) is 0 Å². The fourth-order valence-corrected chi connectivity index (χ4v) is 2.91. The lowest BCUT2D eigenvalue weighted by molar-refractivity contribution is -0.696. The van der Waals surface area contributed by atoms with E-state index in [9.17, 15) is 0 Å². The standard InChI is InChI=1S/C21H29N6O2/c22-16-3-5-18(24)20(13-16)28-11-1-7-26-9-10-27(15-26)8-2-12-29-21-14-17(23)4-6-19(21)25/h3-6,9-10,13-15H,1-2,7-8,11-12,22-25H2/q+1. The van der Waals surface area contributed by atoms with Crippen LogP contribution in [0.2, 0.25) is 0 Å². The van der Waals surface area contributed by atoms with Crippen LogP contribution in [0.1, 0.15) is 12.8 Å². The summed E-state index contributed by atoms with van der Waals surface area (Å²) in [5, 5.41) is 0. The third-order valence-corrected chi connectivity index (χ3v) is 4.46. The van der Waals surface area contributed by atoms with Crippen LogP contribution < -0.4 is 37.0 Å². The molecule has 0 spiro atoms. The number of imidazole rings is 1. The molecule has 3 rings (SSSR count). The van der Waals surface area contributed by atoms with E-state index in [0.717, 1.165) is 25.9 Å². The van der Waals surface area contributed by atoms with Gasteiger partial charge >= 0.3 is 0 Å². The Bertz CT molecular complexity index is 867. The van der Waals surface area contributed by atoms with Crippen molar-refractivity contribution < 1.29 is 14.0 Å². The van der Waals surface area contributed by atoms with E-state index < -0.39 is 0 Å². The van der Waals surface area contributed by atoms with Crippen LogP contribution >= 0.6 is 0 Å². The average Bonchev–Trinajstić information content (AvgIpc) is 3.15. The highest BCUT2D eigenvalue weighted by atomic mass is 16.5. The minimum Gasteiger partial charge on any atom is -0.491 e. The second kappa shape index (κ2) is 9.59. The van der Waals surface area contributed by atoms with Crippen LogP contribution in [0.5, 0.6) is 11.5 Å². The van der Waals surface area contributed by atoms with E-state index in [0.29, 0.717) is 47.5 Å². The third kappa shape index (κ3) is 5.97. The number of benzene rings is 2. The van der Waals surface area contributed by atoms with Crippen molar-refractivity contribution in [3.63, 3.8) is 0 Å². The summed E-state index contributed by atoms with van der Waals surface area (Å²) < 4.78 is 15.7. The van der Waals surface area contributed by atoms with Crippen molar-refractivity contribution >= 4 is 22.7 Å². The van der Waals surface area contributed by atoms with Gasteiger partial charge in [0.25, 0.3) is 0 Å². The van der Waals surface area contributed by atoms with E-state index >= 15 is 0 Å². The highest BCUT2D eigenvalue weighted by Crippen LogP contribution is 2.24. The molecule has 0 radical (unpaired) electrons. The van der Waals surface area contributed by atoms with Crippen molar-refractivity contribution in [3.8, 4) is 11.5 Å². The fourth-order valence-electron chi connectivity index (χ4n) is 2.91. The molecule has 0 aliphatic heterocycles. The van der Waals surface area contributed by atoms with Crippen LogP contribution in [0, 0.1) is 0 Å². The summed E-state index contributed by atoms with van der Waals surface area (Å²) in [5.74, 6) is 1.27. The first kappa shape index (κ1) is 20.2. The third-order valence-electron chi connectivity index (χ3n) is 4.46. The summed E-state index contributed by atoms with van der Waals surface area (Å²) in [4.78, 5) is 0. The van der Waals surface area contributed by atoms with Crippen molar-refractivity contribution in [2.24, 2.45) is 0 Å². The van der Waals surface area contributed by atoms with Gasteiger partial charge in [-0.1, -0.05) is 0 Å². The Morgan fingerprint density at radius 1 is 0.793 bits per heavy atom. The van der Waals surface area contributed by atoms with Gasteiger partial charge in [-0.05, 0) is 24.3 Å². The van der Waals surface area contributed by atoms with Crippen molar-refractivity contribution in [1.29, 1.82) is 0 Å². The van der Waals surface area contributed by atoms with Gasteiger partial charge in [-0.25, -0.2) is 9.13 Å². The van der Waals surface area contributed by atoms with E-state index in [1.165, 1.54) is 0 Å². The van der Waals surface area contributed by atoms with Gasteiger partial charge in [0.05, 0.1) is 37.7 Å². The first-order valence-electron chi connectivity index (χ1n) is 9.61. The Morgan fingerprint density at radius 2 is 1.38 bits per heavy atom. The number of nitrogen functional groups attached to an aromatic ring is 4. The number of hydrogen-bond donors (Lipinski definition) is 4. The topological polar surface area (TPSA) is 131 Å². The number of aromatic nitrogens is 2. The molecule has 0 aliphatic rings. The van der Waals surface area contributed by atoms with Crippen molar-refractivity contribution in [2.75, 3.05) is 36.1 Å². The molecule has 8 N–H and O–H groups in total. The Hall–Kier alpha value is -3.55. The maximum atomic E-state index is 5.88. The van der Waals surface area contributed by atoms with E-state index in [1.54, 1.807) is 36.4 Å². The van der Waals surface area contributed by atoms with Gasteiger partial charge in [-0.2, -0.15) is 0 Å². The van der Waals surface area contributed by atoms with Crippen LogP contribution in [0.25, 0.3) is 0 Å². The van der Waals surface area contributed by atoms with Crippen LogP contribution in [-0.4, -0.2) is 17.8 Å². The quantitative estimate of drug-likeness (QED) is 0.235. The summed E-state index contributed by atoms with van der Waals surface area (Å²) in [7, 11) is 0. The lowest BCUT2D eigenvalue weighted by Crippen LogP contribution is -2.32. The fraction of sp³-hybridized carbons (Fsp3) is 0.286. The molecule has 0 amide bonds. The van der Waals surface area contributed by atoms with Crippen molar-refractivity contribution in [2.45, 2.75) is 25.9 Å². The van der Waals surface area contributed by atoms with Crippen LogP contribution in [0.15, 0.2) is 55.1 Å². The minimum absolute atomic E-state index is 0.571. The molecule has 0 fully saturated rings. The lowest BCUT2D eigenvalue weighted by atomic mass is 10.2. The van der Waals surface area contributed by atoms with Crippen molar-refractivity contribution in [1.82, 2.24) is 4.57 Å². The zero-order chi connectivity index (χ0) is 20.6. The van der Waals surface area contributed by atoms with Gasteiger partial charge in [0.2, 0.25) is 6.33 Å². The molecule has 8 nitrogen and oxygen atoms in total. The molecule has 0 unspecified atom stereocenters. The second-order valence-electron chi connectivity index (χ2n) is 6.89. The van der Waals surface area contributed by atoms with E-state index in [1.807, 2.05) is 12.4 Å². The zero-order valence-corrected chi connectivity index (χ0v) is 16.5.